The van der Waals surface area contributed by atoms with Crippen molar-refractivity contribution >= 4 is 23.1 Å². The van der Waals surface area contributed by atoms with Crippen LogP contribution in [0.4, 0.5) is 0 Å². The van der Waals surface area contributed by atoms with Crippen molar-refractivity contribution in [1.29, 1.82) is 0 Å². The van der Waals surface area contributed by atoms with Gasteiger partial charge in [0.1, 0.15) is 0 Å². The molecule has 1 unspecified atom stereocenters. The molecule has 21 heavy (non-hydrogen) atoms. The first-order valence-corrected chi connectivity index (χ1v) is 8.79. The van der Waals surface area contributed by atoms with E-state index < -0.39 is 7.14 Å². The highest BCUT2D eigenvalue weighted by Gasteiger charge is 2.39. The molecule has 1 aliphatic heterocycles. The van der Waals surface area contributed by atoms with Gasteiger partial charge in [-0.1, -0.05) is 72.3 Å². The number of hydrogen-bond acceptors (Lipinski definition) is 1. The summed E-state index contributed by atoms with van der Waals surface area (Å²) in [6.45, 7) is 2.08. The van der Waals surface area contributed by atoms with E-state index in [9.17, 15) is 4.57 Å². The Kier molecular flexibility index (Phi) is 2.67. The van der Waals surface area contributed by atoms with Crippen LogP contribution in [0.15, 0.2) is 72.8 Å². The van der Waals surface area contributed by atoms with Crippen LogP contribution in [-0.2, 0) is 4.57 Å². The third-order valence-corrected chi connectivity index (χ3v) is 7.31. The fourth-order valence-corrected chi connectivity index (χ4v) is 6.21. The Morgan fingerprint density at radius 3 is 2.19 bits per heavy atom. The van der Waals surface area contributed by atoms with Gasteiger partial charge >= 0.3 is 0 Å². The topological polar surface area (TPSA) is 17.1 Å². The number of benzene rings is 3. The van der Waals surface area contributed by atoms with Crippen molar-refractivity contribution in [3.05, 3.63) is 78.4 Å². The summed E-state index contributed by atoms with van der Waals surface area (Å²) < 4.78 is 14.0. The lowest BCUT2D eigenvalue weighted by Gasteiger charge is -2.15. The molecule has 0 bridgehead atoms. The average molecular weight is 290 g/mol. The van der Waals surface area contributed by atoms with Gasteiger partial charge in [0, 0.05) is 15.9 Å². The van der Waals surface area contributed by atoms with Crippen LogP contribution >= 0.6 is 7.14 Å². The van der Waals surface area contributed by atoms with Crippen LogP contribution < -0.4 is 15.9 Å². The lowest BCUT2D eigenvalue weighted by molar-refractivity contribution is 0.593. The number of hydrogen-bond donors (Lipinski definition) is 0. The van der Waals surface area contributed by atoms with Crippen molar-refractivity contribution in [1.82, 2.24) is 0 Å². The van der Waals surface area contributed by atoms with Gasteiger partial charge in [-0.05, 0) is 24.1 Å². The summed E-state index contributed by atoms with van der Waals surface area (Å²) >= 11 is 0. The summed E-state index contributed by atoms with van der Waals surface area (Å²) in [6, 6.07) is 24.2. The summed E-state index contributed by atoms with van der Waals surface area (Å²) in [5, 5.41) is 2.86. The molecule has 0 saturated carbocycles. The molecular formula is C19H15OP. The van der Waals surface area contributed by atoms with Gasteiger partial charge in [0.25, 0.3) is 0 Å². The average Bonchev–Trinajstić information content (AvgIpc) is 2.79. The second kappa shape index (κ2) is 4.44. The van der Waals surface area contributed by atoms with E-state index in [1.165, 1.54) is 5.56 Å². The van der Waals surface area contributed by atoms with Crippen molar-refractivity contribution in [3.8, 4) is 11.1 Å². The van der Waals surface area contributed by atoms with E-state index >= 15 is 0 Å². The minimum Gasteiger partial charge on any atom is -0.309 e. The van der Waals surface area contributed by atoms with Crippen LogP contribution in [-0.4, -0.2) is 0 Å². The van der Waals surface area contributed by atoms with E-state index in [1.807, 2.05) is 54.6 Å². The smallest absolute Gasteiger partial charge is 0.172 e. The predicted octanol–water partition coefficient (Wildman–Crippen LogP) is 3.61. The lowest BCUT2D eigenvalue weighted by Crippen LogP contribution is -2.20. The molecule has 0 spiro atoms. The first kappa shape index (κ1) is 12.6. The molecule has 0 aliphatic carbocycles. The molecule has 1 atom stereocenters. The molecule has 0 saturated heterocycles. The Morgan fingerprint density at radius 2 is 1.38 bits per heavy atom. The van der Waals surface area contributed by atoms with Gasteiger partial charge in [0.05, 0.1) is 0 Å². The zero-order valence-electron chi connectivity index (χ0n) is 11.8. The molecule has 1 heterocycles. The fraction of sp³-hybridized carbons (Fsp3) is 0.0526. The first-order chi connectivity index (χ1) is 10.2. The Hall–Kier alpha value is -2.11. The van der Waals surface area contributed by atoms with Crippen molar-refractivity contribution in [2.75, 3.05) is 0 Å². The Balaban J connectivity index is 2.13. The van der Waals surface area contributed by atoms with Gasteiger partial charge in [-0.3, -0.25) is 0 Å². The summed E-state index contributed by atoms with van der Waals surface area (Å²) in [7, 11) is -2.72. The van der Waals surface area contributed by atoms with Crippen LogP contribution in [0, 0.1) is 6.92 Å². The summed E-state index contributed by atoms with van der Waals surface area (Å²) in [6.07, 6.45) is 0. The molecule has 1 nitrogen and oxygen atoms in total. The highest BCUT2D eigenvalue weighted by atomic mass is 31.2. The monoisotopic (exact) mass is 290 g/mol. The molecule has 3 aromatic carbocycles. The second-order valence-corrected chi connectivity index (χ2v) is 8.18. The van der Waals surface area contributed by atoms with Crippen LogP contribution in [0.2, 0.25) is 0 Å². The zero-order chi connectivity index (χ0) is 14.4. The van der Waals surface area contributed by atoms with Gasteiger partial charge < -0.3 is 4.57 Å². The van der Waals surface area contributed by atoms with Crippen LogP contribution in [0.25, 0.3) is 11.1 Å². The highest BCUT2D eigenvalue weighted by molar-refractivity contribution is 7.86. The van der Waals surface area contributed by atoms with Crippen molar-refractivity contribution in [2.45, 2.75) is 6.92 Å². The van der Waals surface area contributed by atoms with Crippen LogP contribution in [0.5, 0.6) is 0 Å². The van der Waals surface area contributed by atoms with E-state index in [4.69, 9.17) is 0 Å². The molecule has 2 heteroatoms. The zero-order valence-corrected chi connectivity index (χ0v) is 12.7. The van der Waals surface area contributed by atoms with Gasteiger partial charge in [-0.25, -0.2) is 0 Å². The maximum atomic E-state index is 14.0. The third kappa shape index (κ3) is 1.68. The molecule has 102 valence electrons. The Labute approximate surface area is 124 Å². The van der Waals surface area contributed by atoms with E-state index in [-0.39, 0.29) is 0 Å². The lowest BCUT2D eigenvalue weighted by atomic mass is 10.0. The van der Waals surface area contributed by atoms with Crippen molar-refractivity contribution in [2.24, 2.45) is 0 Å². The third-order valence-electron chi connectivity index (χ3n) is 4.14. The number of fused-ring (bicyclic) bond motifs is 3. The van der Waals surface area contributed by atoms with Crippen molar-refractivity contribution < 1.29 is 4.57 Å². The van der Waals surface area contributed by atoms with Gasteiger partial charge in [-0.15, -0.1) is 0 Å². The molecule has 1 aliphatic rings. The van der Waals surface area contributed by atoms with Crippen LogP contribution in [0.1, 0.15) is 5.56 Å². The highest BCUT2D eigenvalue weighted by Crippen LogP contribution is 2.51. The maximum absolute atomic E-state index is 14.0. The first-order valence-electron chi connectivity index (χ1n) is 7.08. The maximum Gasteiger partial charge on any atom is 0.172 e. The SMILES string of the molecule is Cc1ccc2c(c1)-c1ccccc1P2(=O)c1ccccc1. The minimum absolute atomic E-state index is 0.917. The quantitative estimate of drug-likeness (QED) is 0.489. The standard InChI is InChI=1S/C19H15OP/c1-14-11-12-19-17(13-14)16-9-5-6-10-18(16)21(19,20)15-7-3-2-4-8-15/h2-13H,1H3. The number of rotatable bonds is 1. The molecule has 0 amide bonds. The largest absolute Gasteiger partial charge is 0.309 e. The molecule has 4 rings (SSSR count). The number of aryl methyl sites for hydroxylation is 1. The van der Waals surface area contributed by atoms with E-state index in [0.29, 0.717) is 0 Å². The van der Waals surface area contributed by atoms with Gasteiger partial charge in [-0.2, -0.15) is 0 Å². The molecule has 0 aromatic heterocycles. The van der Waals surface area contributed by atoms with Gasteiger partial charge in [0.2, 0.25) is 0 Å². The Bertz CT molecular complexity index is 881. The normalized spacial score (nSPS) is 19.1. The summed E-state index contributed by atoms with van der Waals surface area (Å²) in [5.74, 6) is 0. The molecule has 0 fully saturated rings. The molecular weight excluding hydrogens is 275 g/mol. The van der Waals surface area contributed by atoms with E-state index in [0.717, 1.165) is 27.0 Å². The van der Waals surface area contributed by atoms with Gasteiger partial charge in [0.15, 0.2) is 7.14 Å². The molecule has 3 aromatic rings. The molecule has 0 radical (unpaired) electrons. The Morgan fingerprint density at radius 1 is 0.714 bits per heavy atom. The predicted molar refractivity (Wildman–Crippen MR) is 89.6 cm³/mol. The van der Waals surface area contributed by atoms with E-state index in [2.05, 4.69) is 25.1 Å². The minimum atomic E-state index is -2.72. The molecule has 0 N–H and O–H groups in total. The van der Waals surface area contributed by atoms with Crippen LogP contribution in [0.3, 0.4) is 0 Å². The van der Waals surface area contributed by atoms with Crippen molar-refractivity contribution in [3.63, 3.8) is 0 Å². The fourth-order valence-electron chi connectivity index (χ4n) is 3.16. The summed E-state index contributed by atoms with van der Waals surface area (Å²) in [4.78, 5) is 0. The van der Waals surface area contributed by atoms with E-state index in [1.54, 1.807) is 0 Å². The second-order valence-electron chi connectivity index (χ2n) is 5.48. The summed E-state index contributed by atoms with van der Waals surface area (Å²) in [5.41, 5.74) is 3.44.